The standard InChI is InChI=1S/C8H18N2/c1-2-8-6-9-4-3-5-10-7-8/h8-10H,2-7H2,1H3. The van der Waals surface area contributed by atoms with Gasteiger partial charge in [-0.25, -0.2) is 0 Å². The van der Waals surface area contributed by atoms with Gasteiger partial charge in [-0.05, 0) is 38.5 Å². The Hall–Kier alpha value is -0.0800. The third-order valence-electron chi connectivity index (χ3n) is 2.15. The molecule has 0 atom stereocenters. The number of rotatable bonds is 1. The summed E-state index contributed by atoms with van der Waals surface area (Å²) in [4.78, 5) is 0. The summed E-state index contributed by atoms with van der Waals surface area (Å²) in [5, 5.41) is 6.90. The summed E-state index contributed by atoms with van der Waals surface area (Å²) in [6.45, 7) is 7.02. The first kappa shape index (κ1) is 8.02. The van der Waals surface area contributed by atoms with E-state index in [2.05, 4.69) is 17.6 Å². The maximum Gasteiger partial charge on any atom is -0.000847 e. The summed E-state index contributed by atoms with van der Waals surface area (Å²) < 4.78 is 0. The average Bonchev–Trinajstić information content (AvgIpc) is 1.87. The lowest BCUT2D eigenvalue weighted by molar-refractivity contribution is 0.401. The molecule has 2 heteroatoms. The predicted octanol–water partition coefficient (Wildman–Crippen LogP) is 0.595. The third-order valence-corrected chi connectivity index (χ3v) is 2.15. The van der Waals surface area contributed by atoms with Crippen LogP contribution < -0.4 is 10.6 Å². The molecule has 1 rings (SSSR count). The first-order valence-electron chi connectivity index (χ1n) is 4.35. The minimum atomic E-state index is 0.847. The number of hydrogen-bond acceptors (Lipinski definition) is 2. The molecular weight excluding hydrogens is 124 g/mol. The maximum atomic E-state index is 3.45. The molecule has 60 valence electrons. The van der Waals surface area contributed by atoms with Crippen molar-refractivity contribution in [3.05, 3.63) is 0 Å². The highest BCUT2D eigenvalue weighted by atomic mass is 14.9. The van der Waals surface area contributed by atoms with Crippen LogP contribution in [0, 0.1) is 5.92 Å². The van der Waals surface area contributed by atoms with Crippen molar-refractivity contribution < 1.29 is 0 Å². The van der Waals surface area contributed by atoms with Crippen molar-refractivity contribution in [2.75, 3.05) is 26.2 Å². The van der Waals surface area contributed by atoms with Crippen LogP contribution in [0.3, 0.4) is 0 Å². The van der Waals surface area contributed by atoms with E-state index < -0.39 is 0 Å². The van der Waals surface area contributed by atoms with E-state index in [4.69, 9.17) is 0 Å². The molecule has 0 aliphatic carbocycles. The van der Waals surface area contributed by atoms with Crippen molar-refractivity contribution in [1.29, 1.82) is 0 Å². The van der Waals surface area contributed by atoms with Gasteiger partial charge in [0.05, 0.1) is 0 Å². The molecule has 0 aromatic carbocycles. The summed E-state index contributed by atoms with van der Waals surface area (Å²) in [5.74, 6) is 0.847. The Bertz CT molecular complexity index is 75.3. The second kappa shape index (κ2) is 4.69. The van der Waals surface area contributed by atoms with Crippen LogP contribution in [0.2, 0.25) is 0 Å². The summed E-state index contributed by atoms with van der Waals surface area (Å²) in [5.41, 5.74) is 0. The highest BCUT2D eigenvalue weighted by Gasteiger charge is 2.06. The molecule has 1 fully saturated rings. The van der Waals surface area contributed by atoms with Crippen LogP contribution in [0.5, 0.6) is 0 Å². The van der Waals surface area contributed by atoms with Crippen LogP contribution in [-0.4, -0.2) is 26.2 Å². The molecule has 1 saturated heterocycles. The first-order chi connectivity index (χ1) is 4.93. The molecule has 0 aromatic heterocycles. The Balaban J connectivity index is 2.16. The molecule has 0 bridgehead atoms. The molecule has 0 spiro atoms. The van der Waals surface area contributed by atoms with E-state index in [-0.39, 0.29) is 0 Å². The normalized spacial score (nSPS) is 23.7. The Morgan fingerprint density at radius 2 is 1.80 bits per heavy atom. The van der Waals surface area contributed by atoms with Gasteiger partial charge in [0.1, 0.15) is 0 Å². The fraction of sp³-hybridized carbons (Fsp3) is 1.00. The van der Waals surface area contributed by atoms with Gasteiger partial charge in [-0.15, -0.1) is 0 Å². The van der Waals surface area contributed by atoms with E-state index in [9.17, 15) is 0 Å². The van der Waals surface area contributed by atoms with Crippen LogP contribution in [0.4, 0.5) is 0 Å². The lowest BCUT2D eigenvalue weighted by atomic mass is 10.1. The van der Waals surface area contributed by atoms with E-state index in [0.717, 1.165) is 5.92 Å². The Kier molecular flexibility index (Phi) is 3.76. The quantitative estimate of drug-likeness (QED) is 0.560. The summed E-state index contributed by atoms with van der Waals surface area (Å²) in [6, 6.07) is 0. The molecule has 1 aliphatic heterocycles. The maximum absolute atomic E-state index is 3.45. The highest BCUT2D eigenvalue weighted by molar-refractivity contribution is 4.67. The Morgan fingerprint density at radius 1 is 1.20 bits per heavy atom. The number of hydrogen-bond donors (Lipinski definition) is 2. The molecule has 1 heterocycles. The topological polar surface area (TPSA) is 24.1 Å². The zero-order chi connectivity index (χ0) is 7.23. The zero-order valence-electron chi connectivity index (χ0n) is 6.82. The summed E-state index contributed by atoms with van der Waals surface area (Å²) in [7, 11) is 0. The van der Waals surface area contributed by atoms with Crippen molar-refractivity contribution in [2.24, 2.45) is 5.92 Å². The van der Waals surface area contributed by atoms with Crippen LogP contribution in [-0.2, 0) is 0 Å². The second-order valence-electron chi connectivity index (χ2n) is 3.04. The molecule has 2 nitrogen and oxygen atoms in total. The van der Waals surface area contributed by atoms with E-state index in [1.807, 2.05) is 0 Å². The van der Waals surface area contributed by atoms with Crippen LogP contribution in [0.1, 0.15) is 19.8 Å². The van der Waals surface area contributed by atoms with Gasteiger partial charge in [-0.2, -0.15) is 0 Å². The Morgan fingerprint density at radius 3 is 2.30 bits per heavy atom. The lowest BCUT2D eigenvalue weighted by Crippen LogP contribution is -2.36. The van der Waals surface area contributed by atoms with Gasteiger partial charge in [0.2, 0.25) is 0 Å². The third kappa shape index (κ3) is 2.67. The van der Waals surface area contributed by atoms with Crippen molar-refractivity contribution in [1.82, 2.24) is 10.6 Å². The monoisotopic (exact) mass is 142 g/mol. The van der Waals surface area contributed by atoms with Crippen LogP contribution >= 0.6 is 0 Å². The van der Waals surface area contributed by atoms with Crippen molar-refractivity contribution in [2.45, 2.75) is 19.8 Å². The fourth-order valence-electron chi connectivity index (χ4n) is 1.31. The molecule has 0 unspecified atom stereocenters. The minimum absolute atomic E-state index is 0.847. The van der Waals surface area contributed by atoms with Gasteiger partial charge in [-0.1, -0.05) is 13.3 Å². The number of nitrogens with one attached hydrogen (secondary N) is 2. The zero-order valence-corrected chi connectivity index (χ0v) is 6.82. The fourth-order valence-corrected chi connectivity index (χ4v) is 1.31. The summed E-state index contributed by atoms with van der Waals surface area (Å²) >= 11 is 0. The summed E-state index contributed by atoms with van der Waals surface area (Å²) in [6.07, 6.45) is 2.57. The largest absolute Gasteiger partial charge is 0.316 e. The van der Waals surface area contributed by atoms with Crippen molar-refractivity contribution in [3.8, 4) is 0 Å². The van der Waals surface area contributed by atoms with E-state index >= 15 is 0 Å². The highest BCUT2D eigenvalue weighted by Crippen LogP contribution is 1.99. The van der Waals surface area contributed by atoms with Gasteiger partial charge in [-0.3, -0.25) is 0 Å². The average molecular weight is 142 g/mol. The smallest absolute Gasteiger partial charge is 0.000847 e. The molecule has 0 radical (unpaired) electrons. The van der Waals surface area contributed by atoms with Gasteiger partial charge >= 0.3 is 0 Å². The van der Waals surface area contributed by atoms with Gasteiger partial charge in [0, 0.05) is 0 Å². The van der Waals surface area contributed by atoms with E-state index in [0.29, 0.717) is 0 Å². The second-order valence-corrected chi connectivity index (χ2v) is 3.04. The van der Waals surface area contributed by atoms with E-state index in [1.54, 1.807) is 0 Å². The van der Waals surface area contributed by atoms with Crippen LogP contribution in [0.15, 0.2) is 0 Å². The molecule has 1 aliphatic rings. The SMILES string of the molecule is CCC1CNCCCNC1. The van der Waals surface area contributed by atoms with Crippen molar-refractivity contribution in [3.63, 3.8) is 0 Å². The van der Waals surface area contributed by atoms with Gasteiger partial charge in [0.25, 0.3) is 0 Å². The van der Waals surface area contributed by atoms with E-state index in [1.165, 1.54) is 39.0 Å². The molecule has 0 amide bonds. The van der Waals surface area contributed by atoms with Gasteiger partial charge in [0.15, 0.2) is 0 Å². The molecule has 0 saturated carbocycles. The Labute approximate surface area is 63.4 Å². The molecule has 2 N–H and O–H groups in total. The molecular formula is C8H18N2. The molecule has 0 aromatic rings. The van der Waals surface area contributed by atoms with Crippen LogP contribution in [0.25, 0.3) is 0 Å². The van der Waals surface area contributed by atoms with Crippen molar-refractivity contribution >= 4 is 0 Å². The first-order valence-corrected chi connectivity index (χ1v) is 4.35. The molecule has 10 heavy (non-hydrogen) atoms. The lowest BCUT2D eigenvalue weighted by Gasteiger charge is -2.19. The predicted molar refractivity (Wildman–Crippen MR) is 44.1 cm³/mol. The van der Waals surface area contributed by atoms with Gasteiger partial charge < -0.3 is 10.6 Å². The minimum Gasteiger partial charge on any atom is -0.316 e.